The zero-order valence-corrected chi connectivity index (χ0v) is 13.0. The molecule has 1 fully saturated rings. The van der Waals surface area contributed by atoms with Gasteiger partial charge in [0.2, 0.25) is 0 Å². The van der Waals surface area contributed by atoms with Gasteiger partial charge >= 0.3 is 0 Å². The molecule has 1 aromatic rings. The lowest BCUT2D eigenvalue weighted by molar-refractivity contribution is 0.0750. The number of anilines is 1. The monoisotopic (exact) mass is 315 g/mol. The van der Waals surface area contributed by atoms with Crippen LogP contribution in [0.5, 0.6) is 0 Å². The van der Waals surface area contributed by atoms with E-state index in [0.717, 1.165) is 5.75 Å². The van der Waals surface area contributed by atoms with Gasteiger partial charge in [0.15, 0.2) is 9.84 Å². The van der Waals surface area contributed by atoms with Crippen molar-refractivity contribution in [3.63, 3.8) is 0 Å². The van der Waals surface area contributed by atoms with Gasteiger partial charge in [0.05, 0.1) is 5.56 Å². The van der Waals surface area contributed by atoms with E-state index in [0.29, 0.717) is 23.7 Å². The van der Waals surface area contributed by atoms with Crippen molar-refractivity contribution in [1.82, 2.24) is 9.88 Å². The molecule has 0 radical (unpaired) electrons. The van der Waals surface area contributed by atoms with Gasteiger partial charge < -0.3 is 10.2 Å². The predicted molar refractivity (Wildman–Crippen MR) is 80.8 cm³/mol. The summed E-state index contributed by atoms with van der Waals surface area (Å²) in [6.07, 6.45) is 2.76. The molecule has 0 aromatic carbocycles. The first-order valence-electron chi connectivity index (χ1n) is 6.15. The van der Waals surface area contributed by atoms with Gasteiger partial charge in [-0.3, -0.25) is 4.79 Å². The minimum absolute atomic E-state index is 0.293. The van der Waals surface area contributed by atoms with Crippen LogP contribution < -0.4 is 5.32 Å². The number of nitrogens with zero attached hydrogens (tertiary/aromatic N) is 2. The highest BCUT2D eigenvalue weighted by Gasteiger charge is 2.35. The molecule has 6 nitrogen and oxygen atoms in total. The number of sulfone groups is 1. The lowest BCUT2D eigenvalue weighted by Crippen LogP contribution is -2.50. The van der Waals surface area contributed by atoms with Crippen LogP contribution in [0.15, 0.2) is 18.3 Å². The van der Waals surface area contributed by atoms with Gasteiger partial charge in [-0.2, -0.15) is 11.8 Å². The number of amides is 1. The highest BCUT2D eigenvalue weighted by Crippen LogP contribution is 2.24. The SMILES string of the molecule is CNc1ncccc1C(=O)N1CCSCC1S(C)(=O)=O. The Morgan fingerprint density at radius 2 is 2.30 bits per heavy atom. The van der Waals surface area contributed by atoms with E-state index in [-0.39, 0.29) is 5.91 Å². The molecule has 20 heavy (non-hydrogen) atoms. The zero-order valence-electron chi connectivity index (χ0n) is 11.4. The molecule has 2 heterocycles. The van der Waals surface area contributed by atoms with Crippen LogP contribution in [0.2, 0.25) is 0 Å². The molecule has 2 rings (SSSR count). The minimum Gasteiger partial charge on any atom is -0.372 e. The van der Waals surface area contributed by atoms with Gasteiger partial charge in [-0.05, 0) is 12.1 Å². The Morgan fingerprint density at radius 1 is 1.55 bits per heavy atom. The summed E-state index contributed by atoms with van der Waals surface area (Å²) >= 11 is 1.55. The fourth-order valence-electron chi connectivity index (χ4n) is 2.10. The number of rotatable bonds is 3. The number of pyridine rings is 1. The standard InChI is InChI=1S/C12H17N3O3S2/c1-13-11-9(4-3-5-14-11)12(16)15-6-7-19-8-10(15)20(2,17)18/h3-5,10H,6-8H2,1-2H3,(H,13,14). The molecule has 0 spiro atoms. The largest absolute Gasteiger partial charge is 0.372 e. The average molecular weight is 315 g/mol. The number of carbonyl (C=O) groups excluding carboxylic acids is 1. The van der Waals surface area contributed by atoms with Crippen molar-refractivity contribution < 1.29 is 13.2 Å². The second kappa shape index (κ2) is 6.01. The van der Waals surface area contributed by atoms with Crippen molar-refractivity contribution in [2.45, 2.75) is 5.37 Å². The fraction of sp³-hybridized carbons (Fsp3) is 0.500. The lowest BCUT2D eigenvalue weighted by atomic mass is 10.2. The summed E-state index contributed by atoms with van der Waals surface area (Å²) in [6.45, 7) is 0.430. The van der Waals surface area contributed by atoms with Gasteiger partial charge in [0, 0.05) is 37.6 Å². The van der Waals surface area contributed by atoms with Crippen LogP contribution in [0.1, 0.15) is 10.4 Å². The minimum atomic E-state index is -3.30. The first-order chi connectivity index (χ1) is 9.45. The average Bonchev–Trinajstić information content (AvgIpc) is 2.45. The van der Waals surface area contributed by atoms with E-state index in [1.54, 1.807) is 37.1 Å². The maximum atomic E-state index is 12.6. The molecule has 8 heteroatoms. The second-order valence-electron chi connectivity index (χ2n) is 4.51. The van der Waals surface area contributed by atoms with Crippen LogP contribution in [0.25, 0.3) is 0 Å². The predicted octanol–water partition coefficient (Wildman–Crippen LogP) is 0.683. The van der Waals surface area contributed by atoms with Crippen LogP contribution in [0.4, 0.5) is 5.82 Å². The smallest absolute Gasteiger partial charge is 0.258 e. The van der Waals surface area contributed by atoms with Gasteiger partial charge in [-0.25, -0.2) is 13.4 Å². The molecule has 1 aromatic heterocycles. The van der Waals surface area contributed by atoms with Gasteiger partial charge in [0.1, 0.15) is 11.2 Å². The van der Waals surface area contributed by atoms with E-state index in [1.165, 1.54) is 11.2 Å². The van der Waals surface area contributed by atoms with Crippen molar-refractivity contribution in [3.8, 4) is 0 Å². The third-order valence-electron chi connectivity index (χ3n) is 3.11. The van der Waals surface area contributed by atoms with Crippen molar-refractivity contribution in [2.75, 3.05) is 36.7 Å². The van der Waals surface area contributed by atoms with E-state index < -0.39 is 15.2 Å². The van der Waals surface area contributed by atoms with E-state index in [1.807, 2.05) is 0 Å². The van der Waals surface area contributed by atoms with Crippen molar-refractivity contribution >= 4 is 33.3 Å². The van der Waals surface area contributed by atoms with Crippen LogP contribution in [0.3, 0.4) is 0 Å². The summed E-state index contributed by atoms with van der Waals surface area (Å²) in [4.78, 5) is 18.1. The van der Waals surface area contributed by atoms with Crippen LogP contribution in [-0.2, 0) is 9.84 Å². The maximum Gasteiger partial charge on any atom is 0.258 e. The van der Waals surface area contributed by atoms with Crippen LogP contribution in [-0.4, -0.2) is 60.9 Å². The summed E-state index contributed by atoms with van der Waals surface area (Å²) < 4.78 is 23.7. The number of thioether (sulfide) groups is 1. The summed E-state index contributed by atoms with van der Waals surface area (Å²) in [5.74, 6) is 1.33. The molecule has 1 atom stereocenters. The molecule has 1 amide bonds. The molecule has 0 bridgehead atoms. The lowest BCUT2D eigenvalue weighted by Gasteiger charge is -2.34. The van der Waals surface area contributed by atoms with Crippen molar-refractivity contribution in [1.29, 1.82) is 0 Å². The summed E-state index contributed by atoms with van der Waals surface area (Å²) in [7, 11) is -1.62. The number of carbonyl (C=O) groups is 1. The number of aromatic nitrogens is 1. The Hall–Kier alpha value is -1.28. The zero-order chi connectivity index (χ0) is 14.8. The molecule has 1 N–H and O–H groups in total. The Balaban J connectivity index is 2.35. The number of hydrogen-bond donors (Lipinski definition) is 1. The second-order valence-corrected chi connectivity index (χ2v) is 7.86. The number of nitrogens with one attached hydrogen (secondary N) is 1. The highest BCUT2D eigenvalue weighted by atomic mass is 32.2. The highest BCUT2D eigenvalue weighted by molar-refractivity contribution is 8.00. The molecule has 0 saturated carbocycles. The summed E-state index contributed by atoms with van der Waals surface area (Å²) in [6, 6.07) is 3.32. The molecule has 0 aliphatic carbocycles. The topological polar surface area (TPSA) is 79.4 Å². The molecule has 1 aliphatic heterocycles. The van der Waals surface area contributed by atoms with Crippen molar-refractivity contribution in [2.24, 2.45) is 0 Å². The maximum absolute atomic E-state index is 12.6. The molecule has 1 aliphatic rings. The molecular weight excluding hydrogens is 298 g/mol. The third kappa shape index (κ3) is 3.06. The fourth-order valence-corrected chi connectivity index (χ4v) is 4.91. The molecule has 1 saturated heterocycles. The Labute approximate surface area is 122 Å². The molecule has 110 valence electrons. The van der Waals surface area contributed by atoms with Gasteiger partial charge in [-0.1, -0.05) is 0 Å². The summed E-state index contributed by atoms with van der Waals surface area (Å²) in [5.41, 5.74) is 0.399. The van der Waals surface area contributed by atoms with E-state index in [2.05, 4.69) is 10.3 Å². The summed E-state index contributed by atoms with van der Waals surface area (Å²) in [5, 5.41) is 2.09. The van der Waals surface area contributed by atoms with E-state index in [9.17, 15) is 13.2 Å². The van der Waals surface area contributed by atoms with Gasteiger partial charge in [-0.15, -0.1) is 0 Å². The van der Waals surface area contributed by atoms with Crippen LogP contribution >= 0.6 is 11.8 Å². The van der Waals surface area contributed by atoms with E-state index >= 15 is 0 Å². The van der Waals surface area contributed by atoms with E-state index in [4.69, 9.17) is 0 Å². The Bertz CT molecular complexity index is 604. The van der Waals surface area contributed by atoms with Gasteiger partial charge in [0.25, 0.3) is 5.91 Å². The number of hydrogen-bond acceptors (Lipinski definition) is 6. The molecule has 1 unspecified atom stereocenters. The first kappa shape index (κ1) is 15.1. The Kier molecular flexibility index (Phi) is 4.54. The quantitative estimate of drug-likeness (QED) is 0.884. The normalized spacial score (nSPS) is 19.7. The molecular formula is C12H17N3O3S2. The van der Waals surface area contributed by atoms with Crippen LogP contribution in [0, 0.1) is 0 Å². The first-order valence-corrected chi connectivity index (χ1v) is 9.26. The third-order valence-corrected chi connectivity index (χ3v) is 5.76. The Morgan fingerprint density at radius 3 is 2.95 bits per heavy atom. The van der Waals surface area contributed by atoms with Crippen molar-refractivity contribution in [3.05, 3.63) is 23.9 Å².